The Hall–Kier alpha value is -4.12. The fourth-order valence-corrected chi connectivity index (χ4v) is 3.83. The molecule has 0 amide bonds. The SMILES string of the molecule is COc1ccc([C@@H]2C(C#N)=C(N)Oc3c2c(=O)[nH]c2ccccc32)c(OC)c1OC. The van der Waals surface area contributed by atoms with E-state index in [1.54, 1.807) is 18.2 Å². The van der Waals surface area contributed by atoms with Crippen LogP contribution in [0.4, 0.5) is 0 Å². The number of nitrogens with zero attached hydrogens (tertiary/aromatic N) is 1. The quantitative estimate of drug-likeness (QED) is 0.685. The Labute approximate surface area is 172 Å². The molecule has 1 aromatic heterocycles. The standard InChI is InChI=1S/C22H19N3O5/c1-27-15-9-8-12(19(28-2)20(15)29-3)16-13(10-23)21(24)30-18-11-6-4-5-7-14(11)25-22(26)17(16)18/h4-9,16H,24H2,1-3H3,(H,25,26)/t16-/m1/s1. The maximum absolute atomic E-state index is 13.1. The first kappa shape index (κ1) is 19.2. The lowest BCUT2D eigenvalue weighted by Gasteiger charge is -2.28. The highest BCUT2D eigenvalue weighted by molar-refractivity contribution is 5.87. The molecular formula is C22H19N3O5. The van der Waals surface area contributed by atoms with Gasteiger partial charge in [0.1, 0.15) is 17.4 Å². The summed E-state index contributed by atoms with van der Waals surface area (Å²) in [4.78, 5) is 16.0. The molecule has 1 aliphatic heterocycles. The molecule has 8 heteroatoms. The van der Waals surface area contributed by atoms with Gasteiger partial charge in [-0.25, -0.2) is 0 Å². The van der Waals surface area contributed by atoms with E-state index in [0.29, 0.717) is 39.5 Å². The summed E-state index contributed by atoms with van der Waals surface area (Å²) in [7, 11) is 4.47. The van der Waals surface area contributed by atoms with Crippen molar-refractivity contribution >= 4 is 10.9 Å². The normalized spacial score (nSPS) is 15.2. The molecule has 2 heterocycles. The summed E-state index contributed by atoms with van der Waals surface area (Å²) >= 11 is 0. The molecule has 30 heavy (non-hydrogen) atoms. The number of hydrogen-bond acceptors (Lipinski definition) is 7. The summed E-state index contributed by atoms with van der Waals surface area (Å²) in [5.74, 6) is 0.562. The van der Waals surface area contributed by atoms with Crippen molar-refractivity contribution in [3.05, 3.63) is 69.3 Å². The van der Waals surface area contributed by atoms with E-state index in [1.165, 1.54) is 21.3 Å². The second kappa shape index (κ2) is 7.37. The van der Waals surface area contributed by atoms with Gasteiger partial charge in [-0.3, -0.25) is 4.79 Å². The van der Waals surface area contributed by atoms with E-state index < -0.39 is 5.92 Å². The van der Waals surface area contributed by atoms with Crippen LogP contribution in [0, 0.1) is 11.3 Å². The first-order valence-corrected chi connectivity index (χ1v) is 9.07. The summed E-state index contributed by atoms with van der Waals surface area (Å²) in [5, 5.41) is 10.5. The van der Waals surface area contributed by atoms with Crippen LogP contribution in [0.2, 0.25) is 0 Å². The summed E-state index contributed by atoms with van der Waals surface area (Å²) in [6.45, 7) is 0. The number of nitriles is 1. The van der Waals surface area contributed by atoms with Gasteiger partial charge >= 0.3 is 0 Å². The molecule has 0 spiro atoms. The van der Waals surface area contributed by atoms with Crippen molar-refractivity contribution in [1.82, 2.24) is 4.98 Å². The second-order valence-corrected chi connectivity index (χ2v) is 6.59. The van der Waals surface area contributed by atoms with Gasteiger partial charge in [0.25, 0.3) is 5.56 Å². The molecule has 3 N–H and O–H groups in total. The molecule has 0 unspecified atom stereocenters. The largest absolute Gasteiger partial charge is 0.493 e. The molecule has 1 atom stereocenters. The van der Waals surface area contributed by atoms with E-state index in [1.807, 2.05) is 18.2 Å². The van der Waals surface area contributed by atoms with Crippen LogP contribution in [0.15, 0.2) is 52.6 Å². The van der Waals surface area contributed by atoms with Crippen LogP contribution in [0.25, 0.3) is 10.9 Å². The van der Waals surface area contributed by atoms with Crippen molar-refractivity contribution in [3.63, 3.8) is 0 Å². The number of benzene rings is 2. The van der Waals surface area contributed by atoms with Gasteiger partial charge in [-0.2, -0.15) is 5.26 Å². The highest BCUT2D eigenvalue weighted by Gasteiger charge is 2.37. The number of para-hydroxylation sites is 1. The maximum Gasteiger partial charge on any atom is 0.256 e. The molecule has 1 aliphatic rings. The third-order valence-corrected chi connectivity index (χ3v) is 5.13. The third-order valence-electron chi connectivity index (χ3n) is 5.13. The van der Waals surface area contributed by atoms with Gasteiger partial charge in [-0.05, 0) is 18.2 Å². The first-order chi connectivity index (χ1) is 14.5. The van der Waals surface area contributed by atoms with Crippen molar-refractivity contribution in [3.8, 4) is 29.1 Å². The minimum Gasteiger partial charge on any atom is -0.493 e. The Morgan fingerprint density at radius 2 is 1.80 bits per heavy atom. The van der Waals surface area contributed by atoms with E-state index in [0.717, 1.165) is 0 Å². The second-order valence-electron chi connectivity index (χ2n) is 6.59. The predicted molar refractivity (Wildman–Crippen MR) is 110 cm³/mol. The molecule has 0 fully saturated rings. The molecule has 4 rings (SSSR count). The Balaban J connectivity index is 2.10. The zero-order chi connectivity index (χ0) is 21.4. The lowest BCUT2D eigenvalue weighted by molar-refractivity contribution is 0.321. The number of allylic oxidation sites excluding steroid dienone is 1. The third kappa shape index (κ3) is 2.71. The molecule has 2 aromatic carbocycles. The molecule has 0 saturated heterocycles. The molecule has 0 saturated carbocycles. The Bertz CT molecular complexity index is 1290. The van der Waals surface area contributed by atoms with E-state index in [9.17, 15) is 10.1 Å². The number of rotatable bonds is 4. The number of methoxy groups -OCH3 is 3. The van der Waals surface area contributed by atoms with Gasteiger partial charge in [0.2, 0.25) is 11.6 Å². The summed E-state index contributed by atoms with van der Waals surface area (Å²) < 4.78 is 22.2. The molecule has 152 valence electrons. The summed E-state index contributed by atoms with van der Waals surface area (Å²) in [5.41, 5.74) is 7.24. The van der Waals surface area contributed by atoms with Gasteiger partial charge < -0.3 is 29.7 Å². The summed E-state index contributed by atoms with van der Waals surface area (Å²) in [6.07, 6.45) is 0. The fraction of sp³-hybridized carbons (Fsp3) is 0.182. The zero-order valence-electron chi connectivity index (χ0n) is 16.6. The van der Waals surface area contributed by atoms with E-state index in [2.05, 4.69) is 11.1 Å². The molecule has 3 aromatic rings. The van der Waals surface area contributed by atoms with Gasteiger partial charge in [-0.1, -0.05) is 18.2 Å². The van der Waals surface area contributed by atoms with Crippen LogP contribution in [0.1, 0.15) is 17.0 Å². The van der Waals surface area contributed by atoms with Gasteiger partial charge in [-0.15, -0.1) is 0 Å². The number of pyridine rings is 1. The van der Waals surface area contributed by atoms with Crippen molar-refractivity contribution in [2.75, 3.05) is 21.3 Å². The Morgan fingerprint density at radius 1 is 1.07 bits per heavy atom. The Morgan fingerprint density at radius 3 is 2.47 bits per heavy atom. The van der Waals surface area contributed by atoms with Crippen LogP contribution in [0.5, 0.6) is 23.0 Å². The molecule has 0 aliphatic carbocycles. The van der Waals surface area contributed by atoms with Gasteiger partial charge in [0.15, 0.2) is 11.5 Å². The highest BCUT2D eigenvalue weighted by atomic mass is 16.5. The lowest BCUT2D eigenvalue weighted by atomic mass is 9.82. The van der Waals surface area contributed by atoms with Crippen LogP contribution < -0.4 is 30.2 Å². The number of hydrogen-bond donors (Lipinski definition) is 2. The minimum absolute atomic E-state index is 0.0670. The topological polar surface area (TPSA) is 120 Å². The fourth-order valence-electron chi connectivity index (χ4n) is 3.83. The van der Waals surface area contributed by atoms with E-state index >= 15 is 0 Å². The van der Waals surface area contributed by atoms with Gasteiger partial charge in [0, 0.05) is 10.9 Å². The van der Waals surface area contributed by atoms with Crippen LogP contribution in [-0.2, 0) is 0 Å². The minimum atomic E-state index is -0.818. The number of ether oxygens (including phenoxy) is 4. The lowest BCUT2D eigenvalue weighted by Crippen LogP contribution is -2.28. The molecule has 8 nitrogen and oxygen atoms in total. The van der Waals surface area contributed by atoms with Crippen molar-refractivity contribution in [2.45, 2.75) is 5.92 Å². The zero-order valence-corrected chi connectivity index (χ0v) is 16.6. The number of H-pyrrole nitrogens is 1. The highest BCUT2D eigenvalue weighted by Crippen LogP contribution is 2.49. The van der Waals surface area contributed by atoms with Crippen molar-refractivity contribution in [1.29, 1.82) is 5.26 Å². The molecule has 0 bridgehead atoms. The first-order valence-electron chi connectivity index (χ1n) is 9.07. The predicted octanol–water partition coefficient (Wildman–Crippen LogP) is 2.77. The maximum atomic E-state index is 13.1. The van der Waals surface area contributed by atoms with Crippen molar-refractivity contribution in [2.24, 2.45) is 5.73 Å². The smallest absolute Gasteiger partial charge is 0.256 e. The van der Waals surface area contributed by atoms with E-state index in [4.69, 9.17) is 24.7 Å². The number of nitrogens with two attached hydrogens (primary N) is 1. The monoisotopic (exact) mass is 405 g/mol. The summed E-state index contributed by atoms with van der Waals surface area (Å²) in [6, 6.07) is 12.7. The average molecular weight is 405 g/mol. The number of aromatic nitrogens is 1. The number of nitrogens with one attached hydrogen (secondary N) is 1. The van der Waals surface area contributed by atoms with Gasteiger partial charge in [0.05, 0.1) is 38.3 Å². The average Bonchev–Trinajstić information content (AvgIpc) is 2.77. The molecular weight excluding hydrogens is 386 g/mol. The Kier molecular flexibility index (Phi) is 4.72. The molecule has 0 radical (unpaired) electrons. The van der Waals surface area contributed by atoms with Crippen LogP contribution in [0.3, 0.4) is 0 Å². The number of aromatic amines is 1. The van der Waals surface area contributed by atoms with Crippen molar-refractivity contribution < 1.29 is 18.9 Å². The van der Waals surface area contributed by atoms with Crippen LogP contribution >= 0.6 is 0 Å². The van der Waals surface area contributed by atoms with Crippen LogP contribution in [-0.4, -0.2) is 26.3 Å². The number of fused-ring (bicyclic) bond motifs is 3. The van der Waals surface area contributed by atoms with E-state index in [-0.39, 0.29) is 22.6 Å².